The van der Waals surface area contributed by atoms with Crippen LogP contribution < -0.4 is 5.32 Å². The summed E-state index contributed by atoms with van der Waals surface area (Å²) in [5.74, 6) is -0.141. The maximum Gasteiger partial charge on any atom is 0.410 e. The monoisotopic (exact) mass is 454 g/mol. The third-order valence-corrected chi connectivity index (χ3v) is 7.08. The Bertz CT molecular complexity index is 889. The van der Waals surface area contributed by atoms with Gasteiger partial charge in [0.2, 0.25) is 10.0 Å². The summed E-state index contributed by atoms with van der Waals surface area (Å²) in [4.78, 5) is 26.9. The minimum Gasteiger partial charge on any atom is -0.444 e. The molecule has 1 aromatic heterocycles. The molecule has 1 N–H and O–H groups in total. The summed E-state index contributed by atoms with van der Waals surface area (Å²) < 4.78 is 32.2. The Morgan fingerprint density at radius 3 is 2.23 bits per heavy atom. The SMILES string of the molecule is CC(C)(C)OC(=O)N1CCC(n2cccc2C(=O)NC2CCN(S(C)(=O)=O)CC2)CC1. The molecule has 0 aromatic carbocycles. The molecule has 0 atom stereocenters. The van der Waals surface area contributed by atoms with Gasteiger partial charge < -0.3 is 19.5 Å². The molecule has 2 saturated heterocycles. The summed E-state index contributed by atoms with van der Waals surface area (Å²) in [7, 11) is -3.18. The van der Waals surface area contributed by atoms with E-state index in [1.807, 2.05) is 37.6 Å². The zero-order valence-corrected chi connectivity index (χ0v) is 19.7. The first-order chi connectivity index (χ1) is 14.4. The Labute approximate surface area is 184 Å². The highest BCUT2D eigenvalue weighted by Gasteiger charge is 2.30. The van der Waals surface area contributed by atoms with Crippen LogP contribution >= 0.6 is 0 Å². The zero-order valence-electron chi connectivity index (χ0n) is 18.8. The Kier molecular flexibility index (Phi) is 7.00. The van der Waals surface area contributed by atoms with E-state index in [0.29, 0.717) is 44.7 Å². The molecule has 174 valence electrons. The average Bonchev–Trinajstić information content (AvgIpc) is 3.16. The highest BCUT2D eigenvalue weighted by Crippen LogP contribution is 2.26. The number of ether oxygens (including phenoxy) is 1. The van der Waals surface area contributed by atoms with Gasteiger partial charge in [0.15, 0.2) is 0 Å². The third-order valence-electron chi connectivity index (χ3n) is 5.78. The molecule has 2 amide bonds. The molecule has 3 rings (SSSR count). The maximum atomic E-state index is 12.9. The topological polar surface area (TPSA) is 101 Å². The third kappa shape index (κ3) is 6.22. The van der Waals surface area contributed by atoms with Crippen LogP contribution in [0.15, 0.2) is 18.3 Å². The van der Waals surface area contributed by atoms with E-state index in [9.17, 15) is 18.0 Å². The second kappa shape index (κ2) is 9.20. The van der Waals surface area contributed by atoms with Crippen molar-refractivity contribution >= 4 is 22.0 Å². The van der Waals surface area contributed by atoms with E-state index >= 15 is 0 Å². The molecule has 0 spiro atoms. The van der Waals surface area contributed by atoms with Gasteiger partial charge in [-0.25, -0.2) is 17.5 Å². The quantitative estimate of drug-likeness (QED) is 0.752. The lowest BCUT2D eigenvalue weighted by Gasteiger charge is -2.35. The Morgan fingerprint density at radius 2 is 1.68 bits per heavy atom. The minimum atomic E-state index is -3.18. The molecule has 1 aromatic rings. The first-order valence-corrected chi connectivity index (χ1v) is 12.7. The van der Waals surface area contributed by atoms with Gasteiger partial charge in [-0.15, -0.1) is 0 Å². The van der Waals surface area contributed by atoms with Gasteiger partial charge in [-0.1, -0.05) is 0 Å². The van der Waals surface area contributed by atoms with E-state index in [2.05, 4.69) is 5.32 Å². The number of sulfonamides is 1. The van der Waals surface area contributed by atoms with Crippen molar-refractivity contribution in [2.24, 2.45) is 0 Å². The maximum absolute atomic E-state index is 12.9. The van der Waals surface area contributed by atoms with Gasteiger partial charge in [-0.2, -0.15) is 0 Å². The number of nitrogens with zero attached hydrogens (tertiary/aromatic N) is 3. The van der Waals surface area contributed by atoms with Gasteiger partial charge in [0, 0.05) is 44.5 Å². The molecule has 31 heavy (non-hydrogen) atoms. The van der Waals surface area contributed by atoms with Crippen LogP contribution in [0.3, 0.4) is 0 Å². The molecule has 2 fully saturated rings. The molecule has 0 unspecified atom stereocenters. The summed E-state index contributed by atoms with van der Waals surface area (Å²) >= 11 is 0. The first kappa shape index (κ1) is 23.6. The number of hydrogen-bond donors (Lipinski definition) is 1. The van der Waals surface area contributed by atoms with Gasteiger partial charge in [0.1, 0.15) is 11.3 Å². The van der Waals surface area contributed by atoms with E-state index in [4.69, 9.17) is 4.74 Å². The van der Waals surface area contributed by atoms with Crippen LogP contribution in [0.1, 0.15) is 63.0 Å². The number of likely N-dealkylation sites (tertiary alicyclic amines) is 1. The lowest BCUT2D eigenvalue weighted by Crippen LogP contribution is -2.46. The molecule has 2 aliphatic rings. The molecule has 0 saturated carbocycles. The number of amides is 2. The van der Waals surface area contributed by atoms with Crippen molar-refractivity contribution in [3.63, 3.8) is 0 Å². The predicted octanol–water partition coefficient (Wildman–Crippen LogP) is 2.21. The smallest absolute Gasteiger partial charge is 0.410 e. The van der Waals surface area contributed by atoms with Gasteiger partial charge in [0.05, 0.1) is 6.26 Å². The Morgan fingerprint density at radius 1 is 1.06 bits per heavy atom. The Balaban J connectivity index is 1.54. The van der Waals surface area contributed by atoms with Crippen molar-refractivity contribution in [3.8, 4) is 0 Å². The number of rotatable bonds is 4. The van der Waals surface area contributed by atoms with E-state index in [0.717, 1.165) is 12.8 Å². The standard InChI is InChI=1S/C21H34N4O5S/c1-21(2,3)30-20(27)23-12-9-17(10-13-23)25-11-5-6-18(25)19(26)22-16-7-14-24(15-8-16)31(4,28)29/h5-6,11,16-17H,7-10,12-15H2,1-4H3,(H,22,26). The lowest BCUT2D eigenvalue weighted by molar-refractivity contribution is 0.0187. The highest BCUT2D eigenvalue weighted by molar-refractivity contribution is 7.88. The number of carbonyl (C=O) groups is 2. The fraction of sp³-hybridized carbons (Fsp3) is 0.714. The molecular formula is C21H34N4O5S. The van der Waals surface area contributed by atoms with Gasteiger partial charge in [-0.3, -0.25) is 4.79 Å². The molecule has 10 heteroatoms. The van der Waals surface area contributed by atoms with Crippen molar-refractivity contribution in [2.75, 3.05) is 32.4 Å². The molecule has 2 aliphatic heterocycles. The van der Waals surface area contributed by atoms with Crippen molar-refractivity contribution < 1.29 is 22.7 Å². The van der Waals surface area contributed by atoms with E-state index < -0.39 is 15.6 Å². The number of nitrogens with one attached hydrogen (secondary N) is 1. The summed E-state index contributed by atoms with van der Waals surface area (Å²) in [6.07, 6.45) is 5.54. The van der Waals surface area contributed by atoms with Gasteiger partial charge in [0.25, 0.3) is 5.91 Å². The summed E-state index contributed by atoms with van der Waals surface area (Å²) in [6, 6.07) is 3.77. The van der Waals surface area contributed by atoms with E-state index in [-0.39, 0.29) is 24.1 Å². The fourth-order valence-corrected chi connectivity index (χ4v) is 5.02. The molecule has 0 aliphatic carbocycles. The number of piperidine rings is 2. The van der Waals surface area contributed by atoms with Crippen LogP contribution in [0.2, 0.25) is 0 Å². The largest absolute Gasteiger partial charge is 0.444 e. The normalized spacial score (nSPS) is 19.9. The lowest BCUT2D eigenvalue weighted by atomic mass is 10.0. The van der Waals surface area contributed by atoms with E-state index in [1.54, 1.807) is 11.0 Å². The predicted molar refractivity (Wildman–Crippen MR) is 117 cm³/mol. The van der Waals surface area contributed by atoms with Crippen LogP contribution in [0, 0.1) is 0 Å². The number of hydrogen-bond acceptors (Lipinski definition) is 5. The molecule has 3 heterocycles. The van der Waals surface area contributed by atoms with Crippen molar-refractivity contribution in [2.45, 2.75) is 64.1 Å². The number of carbonyl (C=O) groups excluding carboxylic acids is 2. The van der Waals surface area contributed by atoms with E-state index in [1.165, 1.54) is 10.6 Å². The summed E-state index contributed by atoms with van der Waals surface area (Å²) in [6.45, 7) is 7.58. The summed E-state index contributed by atoms with van der Waals surface area (Å²) in [5, 5.41) is 3.06. The molecule has 0 bridgehead atoms. The Hall–Kier alpha value is -2.07. The second-order valence-corrected chi connectivity index (χ2v) is 11.4. The van der Waals surface area contributed by atoms with Crippen molar-refractivity contribution in [1.82, 2.24) is 19.1 Å². The molecule has 0 radical (unpaired) electrons. The number of aromatic nitrogens is 1. The molecular weight excluding hydrogens is 420 g/mol. The van der Waals surface area contributed by atoms with Crippen LogP contribution in [0.25, 0.3) is 0 Å². The zero-order chi connectivity index (χ0) is 22.8. The molecule has 9 nitrogen and oxygen atoms in total. The fourth-order valence-electron chi connectivity index (χ4n) is 4.15. The van der Waals surface area contributed by atoms with Crippen LogP contribution in [-0.4, -0.2) is 78.3 Å². The summed E-state index contributed by atoms with van der Waals surface area (Å²) in [5.41, 5.74) is 0.0816. The van der Waals surface area contributed by atoms with Gasteiger partial charge in [-0.05, 0) is 58.6 Å². The highest BCUT2D eigenvalue weighted by atomic mass is 32.2. The van der Waals surface area contributed by atoms with Gasteiger partial charge >= 0.3 is 6.09 Å². The van der Waals surface area contributed by atoms with Crippen LogP contribution in [-0.2, 0) is 14.8 Å². The first-order valence-electron chi connectivity index (χ1n) is 10.8. The van der Waals surface area contributed by atoms with Crippen molar-refractivity contribution in [3.05, 3.63) is 24.0 Å². The van der Waals surface area contributed by atoms with Crippen LogP contribution in [0.5, 0.6) is 0 Å². The average molecular weight is 455 g/mol. The second-order valence-electron chi connectivity index (χ2n) is 9.41. The van der Waals surface area contributed by atoms with Crippen molar-refractivity contribution in [1.29, 1.82) is 0 Å². The van der Waals surface area contributed by atoms with Crippen LogP contribution in [0.4, 0.5) is 4.79 Å². The minimum absolute atomic E-state index is 0.0390.